The van der Waals surface area contributed by atoms with E-state index in [0.717, 1.165) is 21.8 Å². The fourth-order valence-corrected chi connectivity index (χ4v) is 6.64. The molecule has 3 rings (SSSR count). The molecule has 3 aromatic carbocycles. The van der Waals surface area contributed by atoms with Crippen LogP contribution in [0.25, 0.3) is 10.8 Å². The van der Waals surface area contributed by atoms with Crippen LogP contribution in [0, 0.1) is 20.2 Å². The Bertz CT molecular complexity index is 1520. The average molecular weight is 542 g/mol. The van der Waals surface area contributed by atoms with Gasteiger partial charge >= 0.3 is 0 Å². The van der Waals surface area contributed by atoms with Crippen molar-refractivity contribution in [3.63, 3.8) is 0 Å². The Morgan fingerprint density at radius 2 is 1.54 bits per heavy atom. The van der Waals surface area contributed by atoms with Gasteiger partial charge in [-0.05, 0) is 47.5 Å². The van der Waals surface area contributed by atoms with E-state index in [1.807, 2.05) is 0 Å². The quantitative estimate of drug-likeness (QED) is 0.273. The molecule has 0 saturated heterocycles. The summed E-state index contributed by atoms with van der Waals surface area (Å²) in [6.07, 6.45) is -0.0746. The molecule has 0 unspecified atom stereocenters. The van der Waals surface area contributed by atoms with Gasteiger partial charge in [-0.3, -0.25) is 20.2 Å². The molecule has 0 spiro atoms. The van der Waals surface area contributed by atoms with Gasteiger partial charge in [0, 0.05) is 24.2 Å². The van der Waals surface area contributed by atoms with Gasteiger partial charge in [-0.15, -0.1) is 0 Å². The summed E-state index contributed by atoms with van der Waals surface area (Å²) in [6, 6.07) is 11.9. The molecule has 0 saturated carbocycles. The van der Waals surface area contributed by atoms with Crippen molar-refractivity contribution in [2.75, 3.05) is 18.8 Å². The number of nitro benzene ring substituents is 2. The molecule has 0 amide bonds. The summed E-state index contributed by atoms with van der Waals surface area (Å²) >= 11 is 5.95. The van der Waals surface area contributed by atoms with E-state index in [1.54, 1.807) is 24.3 Å². The molecule has 14 heteroatoms. The summed E-state index contributed by atoms with van der Waals surface area (Å²) in [4.78, 5) is 19.8. The molecule has 0 radical (unpaired) electrons. The average Bonchev–Trinajstić information content (AvgIpc) is 2.80. The predicted octanol–water partition coefficient (Wildman–Crippen LogP) is 4.18. The SMILES string of the molecule is CCN(CCCS(=O)(=O)c1ccc2cc(Cl)ccc2c1)S(=O)(=O)c1ccc([N+](=O)[O-])cc1[N+](=O)[O-]. The van der Waals surface area contributed by atoms with E-state index in [1.165, 1.54) is 19.1 Å². The Hall–Kier alpha value is -3.13. The van der Waals surface area contributed by atoms with Crippen LogP contribution in [-0.4, -0.2) is 49.8 Å². The van der Waals surface area contributed by atoms with E-state index in [0.29, 0.717) is 16.5 Å². The van der Waals surface area contributed by atoms with Crippen LogP contribution >= 0.6 is 11.6 Å². The monoisotopic (exact) mass is 541 g/mol. The van der Waals surface area contributed by atoms with Crippen molar-refractivity contribution in [3.05, 3.63) is 79.8 Å². The van der Waals surface area contributed by atoms with E-state index in [2.05, 4.69) is 0 Å². The van der Waals surface area contributed by atoms with Crippen molar-refractivity contribution in [1.82, 2.24) is 4.31 Å². The van der Waals surface area contributed by atoms with E-state index in [9.17, 15) is 37.1 Å². The van der Waals surface area contributed by atoms with Crippen LogP contribution in [-0.2, 0) is 19.9 Å². The Kier molecular flexibility index (Phi) is 7.74. The first-order chi connectivity index (χ1) is 16.4. The normalized spacial score (nSPS) is 12.2. The molecule has 0 aliphatic rings. The van der Waals surface area contributed by atoms with E-state index >= 15 is 0 Å². The van der Waals surface area contributed by atoms with Gasteiger partial charge in [0.25, 0.3) is 11.4 Å². The Balaban J connectivity index is 1.80. The lowest BCUT2D eigenvalue weighted by Gasteiger charge is -2.20. The number of sulfone groups is 1. The summed E-state index contributed by atoms with van der Waals surface area (Å²) in [5, 5.41) is 24.3. The second kappa shape index (κ2) is 10.2. The topological polar surface area (TPSA) is 158 Å². The Morgan fingerprint density at radius 1 is 0.886 bits per heavy atom. The summed E-state index contributed by atoms with van der Waals surface area (Å²) in [7, 11) is -8.17. The van der Waals surface area contributed by atoms with Gasteiger partial charge in [0.1, 0.15) is 0 Å². The number of fused-ring (bicyclic) bond motifs is 1. The molecule has 0 fully saturated rings. The fraction of sp³-hybridized carbons (Fsp3) is 0.238. The minimum absolute atomic E-state index is 0.0734. The minimum atomic E-state index is -4.42. The molecule has 0 N–H and O–H groups in total. The summed E-state index contributed by atoms with van der Waals surface area (Å²) < 4.78 is 52.7. The maximum Gasteiger partial charge on any atom is 0.296 e. The number of rotatable bonds is 10. The second-order valence-corrected chi connectivity index (χ2v) is 11.9. The molecule has 0 aliphatic heterocycles. The second-order valence-electron chi connectivity index (χ2n) is 7.49. The van der Waals surface area contributed by atoms with Crippen molar-refractivity contribution >= 4 is 53.6 Å². The van der Waals surface area contributed by atoms with E-state index in [4.69, 9.17) is 11.6 Å². The predicted molar refractivity (Wildman–Crippen MR) is 130 cm³/mol. The number of nitrogens with zero attached hydrogens (tertiary/aromatic N) is 3. The zero-order valence-electron chi connectivity index (χ0n) is 18.3. The fourth-order valence-electron chi connectivity index (χ4n) is 3.50. The van der Waals surface area contributed by atoms with Gasteiger partial charge in [-0.25, -0.2) is 16.8 Å². The van der Waals surface area contributed by atoms with Crippen molar-refractivity contribution < 1.29 is 26.7 Å². The smallest absolute Gasteiger partial charge is 0.258 e. The first-order valence-electron chi connectivity index (χ1n) is 10.2. The van der Waals surface area contributed by atoms with Gasteiger partial charge in [0.2, 0.25) is 10.0 Å². The first-order valence-corrected chi connectivity index (χ1v) is 13.7. The lowest BCUT2D eigenvalue weighted by molar-refractivity contribution is -0.396. The molecule has 186 valence electrons. The van der Waals surface area contributed by atoms with Crippen molar-refractivity contribution in [2.45, 2.75) is 23.1 Å². The number of sulfonamides is 1. The minimum Gasteiger partial charge on any atom is -0.258 e. The summed E-state index contributed by atoms with van der Waals surface area (Å²) in [5.74, 6) is -0.361. The maximum absolute atomic E-state index is 13.1. The highest BCUT2D eigenvalue weighted by Gasteiger charge is 2.32. The van der Waals surface area contributed by atoms with Crippen LogP contribution in [0.5, 0.6) is 0 Å². The zero-order chi connectivity index (χ0) is 26.0. The largest absolute Gasteiger partial charge is 0.296 e. The molecule has 3 aromatic rings. The number of nitro groups is 2. The van der Waals surface area contributed by atoms with Crippen LogP contribution in [0.4, 0.5) is 11.4 Å². The van der Waals surface area contributed by atoms with Crippen LogP contribution in [0.2, 0.25) is 5.02 Å². The van der Waals surface area contributed by atoms with Crippen molar-refractivity contribution in [1.29, 1.82) is 0 Å². The highest BCUT2D eigenvalue weighted by Crippen LogP contribution is 2.31. The molecule has 11 nitrogen and oxygen atoms in total. The van der Waals surface area contributed by atoms with Gasteiger partial charge < -0.3 is 0 Å². The van der Waals surface area contributed by atoms with Crippen LogP contribution in [0.1, 0.15) is 13.3 Å². The zero-order valence-corrected chi connectivity index (χ0v) is 20.7. The van der Waals surface area contributed by atoms with E-state index in [-0.39, 0.29) is 30.2 Å². The molecule has 0 atom stereocenters. The number of non-ortho nitro benzene ring substituents is 1. The van der Waals surface area contributed by atoms with Crippen molar-refractivity contribution in [2.24, 2.45) is 0 Å². The van der Waals surface area contributed by atoms with Gasteiger partial charge in [0.15, 0.2) is 14.7 Å². The third kappa shape index (κ3) is 5.75. The summed E-state index contributed by atoms with van der Waals surface area (Å²) in [6.45, 7) is 1.18. The molecular formula is C21H20ClN3O8S2. The van der Waals surface area contributed by atoms with Gasteiger partial charge in [-0.1, -0.05) is 30.7 Å². The molecule has 35 heavy (non-hydrogen) atoms. The van der Waals surface area contributed by atoms with Crippen molar-refractivity contribution in [3.8, 4) is 0 Å². The molecule has 0 aliphatic carbocycles. The third-order valence-electron chi connectivity index (χ3n) is 5.27. The highest BCUT2D eigenvalue weighted by atomic mass is 35.5. The number of benzene rings is 3. The molecule has 0 heterocycles. The number of halogens is 1. The Morgan fingerprint density at radius 3 is 2.17 bits per heavy atom. The van der Waals surface area contributed by atoms with Crippen LogP contribution in [0.3, 0.4) is 0 Å². The highest BCUT2D eigenvalue weighted by molar-refractivity contribution is 7.91. The molecule has 0 aromatic heterocycles. The van der Waals surface area contributed by atoms with Gasteiger partial charge in [-0.2, -0.15) is 4.31 Å². The first kappa shape index (κ1) is 26.5. The Labute approximate surface area is 206 Å². The summed E-state index contributed by atoms with van der Waals surface area (Å²) in [5.41, 5.74) is -1.55. The number of hydrogen-bond donors (Lipinski definition) is 0. The van der Waals surface area contributed by atoms with Crippen LogP contribution in [0.15, 0.2) is 64.4 Å². The third-order valence-corrected chi connectivity index (χ3v) is 9.33. The lowest BCUT2D eigenvalue weighted by atomic mass is 10.1. The van der Waals surface area contributed by atoms with E-state index < -0.39 is 46.0 Å². The molecular weight excluding hydrogens is 522 g/mol. The van der Waals surface area contributed by atoms with Gasteiger partial charge in [0.05, 0.1) is 26.6 Å². The maximum atomic E-state index is 13.1. The lowest BCUT2D eigenvalue weighted by Crippen LogP contribution is -2.33. The standard InChI is InChI=1S/C21H20ClN3O8S2/c1-2-23(35(32,33)21-9-7-18(24(26)27)14-20(21)25(28)29)10-3-11-34(30,31)19-8-5-15-12-17(22)6-4-16(15)13-19/h4-9,12-14H,2-3,10-11H2,1H3. The molecule has 0 bridgehead atoms. The van der Waals surface area contributed by atoms with Crippen LogP contribution < -0.4 is 0 Å². The number of hydrogen-bond acceptors (Lipinski definition) is 8.